The van der Waals surface area contributed by atoms with Gasteiger partial charge in [0.05, 0.1) is 5.56 Å². The summed E-state index contributed by atoms with van der Waals surface area (Å²) < 4.78 is 0.597. The van der Waals surface area contributed by atoms with Crippen LogP contribution in [0.2, 0.25) is 0 Å². The minimum atomic E-state index is 0.0256. The number of rotatable bonds is 3. The Hall–Kier alpha value is -0.940. The molecule has 98 valence electrons. The third-order valence-electron chi connectivity index (χ3n) is 3.33. The van der Waals surface area contributed by atoms with E-state index in [0.29, 0.717) is 16.1 Å². The van der Waals surface area contributed by atoms with Gasteiger partial charge in [-0.05, 0) is 53.2 Å². The van der Waals surface area contributed by atoms with E-state index < -0.39 is 0 Å². The van der Waals surface area contributed by atoms with Gasteiger partial charge in [-0.2, -0.15) is 0 Å². The molecule has 1 amide bonds. The number of hydrogen-bond donors (Lipinski definition) is 1. The molecule has 0 saturated carbocycles. The topological polar surface area (TPSA) is 53.4 Å². The molecule has 1 aromatic rings. The van der Waals surface area contributed by atoms with Gasteiger partial charge < -0.3 is 10.0 Å². The fraction of sp³-hybridized carbons (Fsp3) is 0.538. The summed E-state index contributed by atoms with van der Waals surface area (Å²) in [5.41, 5.74) is 0.613. The Morgan fingerprint density at radius 1 is 1.61 bits per heavy atom. The summed E-state index contributed by atoms with van der Waals surface area (Å²) in [4.78, 5) is 18.3. The van der Waals surface area contributed by atoms with Crippen LogP contribution in [-0.2, 0) is 0 Å². The molecule has 5 heteroatoms. The zero-order valence-corrected chi connectivity index (χ0v) is 11.8. The van der Waals surface area contributed by atoms with E-state index in [9.17, 15) is 4.79 Å². The van der Waals surface area contributed by atoms with Crippen molar-refractivity contribution in [3.8, 4) is 0 Å². The van der Waals surface area contributed by atoms with Gasteiger partial charge >= 0.3 is 0 Å². The molecule has 4 nitrogen and oxygen atoms in total. The second-order valence-corrected chi connectivity index (χ2v) is 5.36. The Morgan fingerprint density at radius 3 is 3.17 bits per heavy atom. The molecule has 0 radical (unpaired) electrons. The Labute approximate surface area is 115 Å². The number of pyridine rings is 1. The summed E-state index contributed by atoms with van der Waals surface area (Å²) in [7, 11) is 0. The first-order chi connectivity index (χ1) is 8.72. The van der Waals surface area contributed by atoms with Crippen LogP contribution in [0.3, 0.4) is 0 Å². The Bertz CT molecular complexity index is 423. The standard InChI is InChI=1S/C13H17BrN2O2/c14-12-11(4-1-6-15-12)13(18)16-7-2-3-10(9-16)5-8-17/h1,4,6,10,17H,2-3,5,7-9H2. The Balaban J connectivity index is 2.07. The second-order valence-electron chi connectivity index (χ2n) is 4.61. The van der Waals surface area contributed by atoms with Crippen molar-refractivity contribution in [3.63, 3.8) is 0 Å². The fourth-order valence-electron chi connectivity index (χ4n) is 2.38. The first kappa shape index (κ1) is 13.5. The maximum absolute atomic E-state index is 12.4. The molecule has 0 spiro atoms. The molecule has 1 unspecified atom stereocenters. The number of hydrogen-bond acceptors (Lipinski definition) is 3. The smallest absolute Gasteiger partial charge is 0.256 e. The van der Waals surface area contributed by atoms with Crippen LogP contribution < -0.4 is 0 Å². The van der Waals surface area contributed by atoms with Gasteiger partial charge in [-0.15, -0.1) is 0 Å². The number of nitrogens with zero attached hydrogens (tertiary/aromatic N) is 2. The quantitative estimate of drug-likeness (QED) is 0.869. The summed E-state index contributed by atoms with van der Waals surface area (Å²) in [6.07, 6.45) is 4.54. The van der Waals surface area contributed by atoms with Gasteiger partial charge in [0.2, 0.25) is 0 Å². The summed E-state index contributed by atoms with van der Waals surface area (Å²) in [6, 6.07) is 3.56. The van der Waals surface area contributed by atoms with Crippen molar-refractivity contribution in [2.75, 3.05) is 19.7 Å². The minimum Gasteiger partial charge on any atom is -0.396 e. The average Bonchev–Trinajstić information content (AvgIpc) is 2.39. The minimum absolute atomic E-state index is 0.0256. The highest BCUT2D eigenvalue weighted by atomic mass is 79.9. The fourth-order valence-corrected chi connectivity index (χ4v) is 2.80. The first-order valence-electron chi connectivity index (χ1n) is 6.23. The highest BCUT2D eigenvalue weighted by Crippen LogP contribution is 2.22. The van der Waals surface area contributed by atoms with Crippen LogP contribution in [-0.4, -0.2) is 40.6 Å². The van der Waals surface area contributed by atoms with E-state index in [2.05, 4.69) is 20.9 Å². The van der Waals surface area contributed by atoms with Crippen LogP contribution in [0, 0.1) is 5.92 Å². The van der Waals surface area contributed by atoms with Crippen molar-refractivity contribution in [2.24, 2.45) is 5.92 Å². The summed E-state index contributed by atoms with van der Waals surface area (Å²) in [5.74, 6) is 0.445. The lowest BCUT2D eigenvalue weighted by atomic mass is 9.95. The zero-order chi connectivity index (χ0) is 13.0. The summed E-state index contributed by atoms with van der Waals surface area (Å²) >= 11 is 3.31. The highest BCUT2D eigenvalue weighted by Gasteiger charge is 2.25. The maximum Gasteiger partial charge on any atom is 0.256 e. The zero-order valence-electron chi connectivity index (χ0n) is 10.2. The van der Waals surface area contributed by atoms with Crippen LogP contribution in [0.15, 0.2) is 22.9 Å². The van der Waals surface area contributed by atoms with Crippen molar-refractivity contribution in [1.82, 2.24) is 9.88 Å². The number of aliphatic hydroxyl groups excluding tert-OH is 1. The molecule has 0 aromatic carbocycles. The van der Waals surface area contributed by atoms with E-state index in [0.717, 1.165) is 32.4 Å². The molecule has 2 rings (SSSR count). The lowest BCUT2D eigenvalue weighted by Gasteiger charge is -2.32. The van der Waals surface area contributed by atoms with Gasteiger partial charge in [-0.1, -0.05) is 0 Å². The van der Waals surface area contributed by atoms with Crippen molar-refractivity contribution in [2.45, 2.75) is 19.3 Å². The van der Waals surface area contributed by atoms with Crippen molar-refractivity contribution in [1.29, 1.82) is 0 Å². The van der Waals surface area contributed by atoms with Gasteiger partial charge in [0.15, 0.2) is 0 Å². The third-order valence-corrected chi connectivity index (χ3v) is 3.96. The molecule has 1 aromatic heterocycles. The molecule has 1 saturated heterocycles. The predicted molar refractivity (Wildman–Crippen MR) is 72.3 cm³/mol. The molecule has 1 aliphatic heterocycles. The van der Waals surface area contributed by atoms with E-state index in [4.69, 9.17) is 5.11 Å². The van der Waals surface area contributed by atoms with Gasteiger partial charge in [0.1, 0.15) is 4.60 Å². The number of halogens is 1. The normalized spacial score (nSPS) is 19.9. The maximum atomic E-state index is 12.4. The number of likely N-dealkylation sites (tertiary alicyclic amines) is 1. The molecule has 1 atom stereocenters. The van der Waals surface area contributed by atoms with E-state index >= 15 is 0 Å². The molecular formula is C13H17BrN2O2. The Kier molecular flexibility index (Phi) is 4.72. The highest BCUT2D eigenvalue weighted by molar-refractivity contribution is 9.10. The number of carbonyl (C=O) groups excluding carboxylic acids is 1. The third kappa shape index (κ3) is 3.09. The van der Waals surface area contributed by atoms with Gasteiger partial charge in [0, 0.05) is 25.9 Å². The number of piperidine rings is 1. The van der Waals surface area contributed by atoms with Gasteiger partial charge in [-0.3, -0.25) is 4.79 Å². The number of aliphatic hydroxyl groups is 1. The van der Waals surface area contributed by atoms with Crippen molar-refractivity contribution < 1.29 is 9.90 Å². The molecule has 1 fully saturated rings. The molecule has 18 heavy (non-hydrogen) atoms. The number of amides is 1. The first-order valence-corrected chi connectivity index (χ1v) is 7.02. The largest absolute Gasteiger partial charge is 0.396 e. The molecule has 0 bridgehead atoms. The predicted octanol–water partition coefficient (Wildman–Crippen LogP) is 2.08. The van der Waals surface area contributed by atoms with Crippen LogP contribution in [0.25, 0.3) is 0 Å². The van der Waals surface area contributed by atoms with Crippen molar-refractivity contribution >= 4 is 21.8 Å². The second kappa shape index (κ2) is 6.29. The SMILES string of the molecule is O=C(c1cccnc1Br)N1CCCC(CCO)C1. The van der Waals surface area contributed by atoms with E-state index in [1.54, 1.807) is 18.3 Å². The molecule has 0 aliphatic carbocycles. The lowest BCUT2D eigenvalue weighted by molar-refractivity contribution is 0.0652. The summed E-state index contributed by atoms with van der Waals surface area (Å²) in [5, 5.41) is 8.98. The van der Waals surface area contributed by atoms with E-state index in [-0.39, 0.29) is 12.5 Å². The van der Waals surface area contributed by atoms with Crippen molar-refractivity contribution in [3.05, 3.63) is 28.5 Å². The summed E-state index contributed by atoms with van der Waals surface area (Å²) in [6.45, 7) is 1.73. The van der Waals surface area contributed by atoms with Crippen LogP contribution in [0.5, 0.6) is 0 Å². The molecular weight excluding hydrogens is 296 g/mol. The Morgan fingerprint density at radius 2 is 2.44 bits per heavy atom. The molecule has 1 aliphatic rings. The van der Waals surface area contributed by atoms with Crippen LogP contribution in [0.4, 0.5) is 0 Å². The molecule has 1 N–H and O–H groups in total. The number of aromatic nitrogens is 1. The van der Waals surface area contributed by atoms with Crippen LogP contribution >= 0.6 is 15.9 Å². The van der Waals surface area contributed by atoms with Gasteiger partial charge in [0.25, 0.3) is 5.91 Å². The van der Waals surface area contributed by atoms with Gasteiger partial charge in [-0.25, -0.2) is 4.98 Å². The monoisotopic (exact) mass is 312 g/mol. The van der Waals surface area contributed by atoms with E-state index in [1.165, 1.54) is 0 Å². The molecule has 2 heterocycles. The van der Waals surface area contributed by atoms with Crippen LogP contribution in [0.1, 0.15) is 29.6 Å². The lowest BCUT2D eigenvalue weighted by Crippen LogP contribution is -2.40. The van der Waals surface area contributed by atoms with E-state index in [1.807, 2.05) is 4.90 Å². The average molecular weight is 313 g/mol. The number of carbonyl (C=O) groups is 1.